The molecule has 96 valence electrons. The molecule has 3 heteroatoms. The van der Waals surface area contributed by atoms with Crippen molar-refractivity contribution in [3.63, 3.8) is 0 Å². The molecule has 1 aromatic heterocycles. The Labute approximate surface area is 113 Å². The van der Waals surface area contributed by atoms with Crippen LogP contribution in [0, 0.1) is 6.92 Å². The number of rotatable bonds is 4. The first-order valence-corrected chi connectivity index (χ1v) is 7.25. The number of aromatic nitrogens is 1. The minimum atomic E-state index is 0.400. The third-order valence-electron chi connectivity index (χ3n) is 3.43. The van der Waals surface area contributed by atoms with Crippen LogP contribution in [0.2, 0.25) is 0 Å². The normalized spacial score (nSPS) is 12.7. The second-order valence-electron chi connectivity index (χ2n) is 4.54. The molecular weight excluding hydrogens is 240 g/mol. The second kappa shape index (κ2) is 5.63. The SMILES string of the molecule is CCc1cc(-c2scnc2C)ccc1C(C)NC. The Kier molecular flexibility index (Phi) is 4.15. The van der Waals surface area contributed by atoms with Crippen LogP contribution in [0.25, 0.3) is 10.4 Å². The highest BCUT2D eigenvalue weighted by Gasteiger charge is 2.11. The Morgan fingerprint density at radius 1 is 1.39 bits per heavy atom. The molecule has 0 radical (unpaired) electrons. The molecule has 0 aliphatic heterocycles. The lowest BCUT2D eigenvalue weighted by molar-refractivity contribution is 0.645. The van der Waals surface area contributed by atoms with Gasteiger partial charge >= 0.3 is 0 Å². The maximum atomic E-state index is 4.33. The van der Waals surface area contributed by atoms with Gasteiger partial charge in [-0.25, -0.2) is 4.98 Å². The van der Waals surface area contributed by atoms with E-state index in [1.54, 1.807) is 11.3 Å². The fourth-order valence-electron chi connectivity index (χ4n) is 2.21. The van der Waals surface area contributed by atoms with Crippen molar-refractivity contribution in [3.05, 3.63) is 40.5 Å². The van der Waals surface area contributed by atoms with Gasteiger partial charge in [0.2, 0.25) is 0 Å². The summed E-state index contributed by atoms with van der Waals surface area (Å²) in [6.45, 7) is 6.48. The summed E-state index contributed by atoms with van der Waals surface area (Å²) >= 11 is 1.72. The van der Waals surface area contributed by atoms with Crippen molar-refractivity contribution >= 4 is 11.3 Å². The number of hydrogen-bond donors (Lipinski definition) is 1. The van der Waals surface area contributed by atoms with E-state index in [4.69, 9.17) is 0 Å². The van der Waals surface area contributed by atoms with E-state index in [0.29, 0.717) is 6.04 Å². The summed E-state index contributed by atoms with van der Waals surface area (Å²) < 4.78 is 0. The average Bonchev–Trinajstić information content (AvgIpc) is 2.83. The van der Waals surface area contributed by atoms with Crippen LogP contribution in [0.15, 0.2) is 23.7 Å². The third-order valence-corrected chi connectivity index (χ3v) is 4.41. The molecule has 2 rings (SSSR count). The van der Waals surface area contributed by atoms with E-state index in [-0.39, 0.29) is 0 Å². The van der Waals surface area contributed by atoms with Crippen molar-refractivity contribution < 1.29 is 0 Å². The molecular formula is C15H20N2S. The van der Waals surface area contributed by atoms with Crippen molar-refractivity contribution in [3.8, 4) is 10.4 Å². The molecule has 1 unspecified atom stereocenters. The summed E-state index contributed by atoms with van der Waals surface area (Å²) in [5.41, 5.74) is 7.14. The monoisotopic (exact) mass is 260 g/mol. The molecule has 0 saturated heterocycles. The summed E-state index contributed by atoms with van der Waals surface area (Å²) in [7, 11) is 2.01. The topological polar surface area (TPSA) is 24.9 Å². The lowest BCUT2D eigenvalue weighted by atomic mass is 9.96. The summed E-state index contributed by atoms with van der Waals surface area (Å²) in [5, 5.41) is 3.31. The Morgan fingerprint density at radius 2 is 2.17 bits per heavy atom. The van der Waals surface area contributed by atoms with Crippen LogP contribution in [0.5, 0.6) is 0 Å². The number of hydrogen-bond acceptors (Lipinski definition) is 3. The molecule has 1 N–H and O–H groups in total. The van der Waals surface area contributed by atoms with Gasteiger partial charge in [-0.2, -0.15) is 0 Å². The lowest BCUT2D eigenvalue weighted by Gasteiger charge is -2.16. The van der Waals surface area contributed by atoms with Gasteiger partial charge in [0.15, 0.2) is 0 Å². The predicted molar refractivity (Wildman–Crippen MR) is 79.1 cm³/mol. The van der Waals surface area contributed by atoms with Crippen molar-refractivity contribution in [2.75, 3.05) is 7.05 Å². The largest absolute Gasteiger partial charge is 0.313 e. The Bertz CT molecular complexity index is 531. The zero-order valence-electron chi connectivity index (χ0n) is 11.4. The first kappa shape index (κ1) is 13.2. The number of benzene rings is 1. The van der Waals surface area contributed by atoms with Crippen LogP contribution in [-0.4, -0.2) is 12.0 Å². The van der Waals surface area contributed by atoms with Crippen LogP contribution in [0.1, 0.15) is 36.7 Å². The molecule has 0 bridgehead atoms. The first-order valence-electron chi connectivity index (χ1n) is 6.38. The molecule has 0 aliphatic carbocycles. The van der Waals surface area contributed by atoms with Crippen molar-refractivity contribution in [2.24, 2.45) is 0 Å². The van der Waals surface area contributed by atoms with Gasteiger partial charge in [-0.1, -0.05) is 19.1 Å². The summed E-state index contributed by atoms with van der Waals surface area (Å²) in [6, 6.07) is 7.16. The van der Waals surface area contributed by atoms with Crippen molar-refractivity contribution in [2.45, 2.75) is 33.2 Å². The Hall–Kier alpha value is -1.19. The fraction of sp³-hybridized carbons (Fsp3) is 0.400. The van der Waals surface area contributed by atoms with Crippen LogP contribution in [0.3, 0.4) is 0 Å². The van der Waals surface area contributed by atoms with Gasteiger partial charge in [0.05, 0.1) is 16.1 Å². The first-order chi connectivity index (χ1) is 8.67. The maximum Gasteiger partial charge on any atom is 0.0801 e. The molecule has 0 fully saturated rings. The van der Waals surface area contributed by atoms with E-state index in [9.17, 15) is 0 Å². The molecule has 2 aromatic rings. The molecule has 0 saturated carbocycles. The third kappa shape index (κ3) is 2.47. The highest BCUT2D eigenvalue weighted by atomic mass is 32.1. The minimum absolute atomic E-state index is 0.400. The van der Waals surface area contributed by atoms with E-state index < -0.39 is 0 Å². The van der Waals surface area contributed by atoms with Crippen LogP contribution in [-0.2, 0) is 6.42 Å². The molecule has 18 heavy (non-hydrogen) atoms. The summed E-state index contributed by atoms with van der Waals surface area (Å²) in [5.74, 6) is 0. The van der Waals surface area contributed by atoms with Crippen molar-refractivity contribution in [1.82, 2.24) is 10.3 Å². The number of thiazole rings is 1. The predicted octanol–water partition coefficient (Wildman–Crippen LogP) is 3.96. The zero-order valence-corrected chi connectivity index (χ0v) is 12.3. The Morgan fingerprint density at radius 3 is 2.72 bits per heavy atom. The summed E-state index contributed by atoms with van der Waals surface area (Å²) in [4.78, 5) is 5.61. The number of aryl methyl sites for hydroxylation is 2. The number of nitrogens with zero attached hydrogens (tertiary/aromatic N) is 1. The lowest BCUT2D eigenvalue weighted by Crippen LogP contribution is -2.14. The van der Waals surface area contributed by atoms with Gasteiger partial charge in [-0.05, 0) is 50.1 Å². The zero-order chi connectivity index (χ0) is 13.1. The van der Waals surface area contributed by atoms with Gasteiger partial charge in [-0.3, -0.25) is 0 Å². The smallest absolute Gasteiger partial charge is 0.0801 e. The highest BCUT2D eigenvalue weighted by molar-refractivity contribution is 7.13. The fourth-order valence-corrected chi connectivity index (χ4v) is 3.01. The van der Waals surface area contributed by atoms with Gasteiger partial charge in [0.1, 0.15) is 0 Å². The van der Waals surface area contributed by atoms with E-state index in [1.807, 2.05) is 12.6 Å². The van der Waals surface area contributed by atoms with Crippen molar-refractivity contribution in [1.29, 1.82) is 0 Å². The summed E-state index contributed by atoms with van der Waals surface area (Å²) in [6.07, 6.45) is 1.06. The minimum Gasteiger partial charge on any atom is -0.313 e. The molecule has 2 nitrogen and oxygen atoms in total. The van der Waals surface area contributed by atoms with Gasteiger partial charge in [-0.15, -0.1) is 11.3 Å². The van der Waals surface area contributed by atoms with Gasteiger partial charge in [0, 0.05) is 6.04 Å². The van der Waals surface area contributed by atoms with Gasteiger partial charge in [0.25, 0.3) is 0 Å². The standard InChI is InChI=1S/C15H20N2S/c1-5-12-8-13(15-11(3)17-9-18-15)6-7-14(12)10(2)16-4/h6-10,16H,5H2,1-4H3. The molecule has 1 aromatic carbocycles. The maximum absolute atomic E-state index is 4.33. The highest BCUT2D eigenvalue weighted by Crippen LogP contribution is 2.30. The quantitative estimate of drug-likeness (QED) is 0.900. The Balaban J connectivity index is 2.45. The van der Waals surface area contributed by atoms with Crippen LogP contribution in [0.4, 0.5) is 0 Å². The molecule has 0 spiro atoms. The van der Waals surface area contributed by atoms with E-state index in [1.165, 1.54) is 21.6 Å². The van der Waals surface area contributed by atoms with E-state index in [0.717, 1.165) is 12.1 Å². The van der Waals surface area contributed by atoms with E-state index >= 15 is 0 Å². The molecule has 1 atom stereocenters. The van der Waals surface area contributed by atoms with Crippen LogP contribution < -0.4 is 5.32 Å². The van der Waals surface area contributed by atoms with Crippen LogP contribution >= 0.6 is 11.3 Å². The molecule has 0 aliphatic rings. The van der Waals surface area contributed by atoms with Gasteiger partial charge < -0.3 is 5.32 Å². The molecule has 0 amide bonds. The number of nitrogens with one attached hydrogen (secondary N) is 1. The average molecular weight is 260 g/mol. The second-order valence-corrected chi connectivity index (χ2v) is 5.40. The van der Waals surface area contributed by atoms with E-state index in [2.05, 4.69) is 49.3 Å². The molecule has 1 heterocycles.